The first kappa shape index (κ1) is 12.1. The summed E-state index contributed by atoms with van der Waals surface area (Å²) in [5.74, 6) is -1.00. The maximum atomic E-state index is 11.1. The summed E-state index contributed by atoms with van der Waals surface area (Å²) in [4.78, 5) is 20.2. The van der Waals surface area contributed by atoms with Crippen LogP contribution in [0.15, 0.2) is 18.3 Å². The van der Waals surface area contributed by atoms with Crippen LogP contribution in [-0.2, 0) is 0 Å². The zero-order valence-electron chi connectivity index (χ0n) is 10.3. The number of aliphatic hydroxyl groups excluding tert-OH is 1. The molecule has 0 bridgehead atoms. The molecule has 1 saturated heterocycles. The number of carboxylic acid groups (broad SMARTS) is 1. The van der Waals surface area contributed by atoms with E-state index in [9.17, 15) is 9.90 Å². The number of nitrogens with one attached hydrogen (secondary N) is 1. The summed E-state index contributed by atoms with van der Waals surface area (Å²) in [6, 6.07) is 3.16. The van der Waals surface area contributed by atoms with E-state index in [4.69, 9.17) is 5.11 Å². The highest BCUT2D eigenvalue weighted by Gasteiger charge is 2.23. The van der Waals surface area contributed by atoms with Gasteiger partial charge in [-0.15, -0.1) is 0 Å². The van der Waals surface area contributed by atoms with Gasteiger partial charge in [-0.1, -0.05) is 0 Å². The molecule has 6 heteroatoms. The molecule has 0 aromatic carbocycles. The zero-order valence-corrected chi connectivity index (χ0v) is 10.3. The van der Waals surface area contributed by atoms with Crippen molar-refractivity contribution in [2.24, 2.45) is 0 Å². The van der Waals surface area contributed by atoms with E-state index in [2.05, 4.69) is 9.97 Å². The van der Waals surface area contributed by atoms with Crippen molar-refractivity contribution in [1.29, 1.82) is 0 Å². The fourth-order valence-electron chi connectivity index (χ4n) is 2.55. The molecule has 3 rings (SSSR count). The number of aromatic carboxylic acids is 1. The molecule has 2 aromatic rings. The molecule has 0 radical (unpaired) electrons. The van der Waals surface area contributed by atoms with Crippen molar-refractivity contribution in [1.82, 2.24) is 14.9 Å². The lowest BCUT2D eigenvalue weighted by Crippen LogP contribution is -2.25. The first-order chi connectivity index (χ1) is 9.16. The van der Waals surface area contributed by atoms with Crippen LogP contribution in [0.5, 0.6) is 0 Å². The van der Waals surface area contributed by atoms with E-state index < -0.39 is 12.2 Å². The largest absolute Gasteiger partial charge is 0.478 e. The van der Waals surface area contributed by atoms with Gasteiger partial charge in [-0.3, -0.25) is 9.88 Å². The predicted molar refractivity (Wildman–Crippen MR) is 68.8 cm³/mol. The second kappa shape index (κ2) is 4.64. The molecule has 6 nitrogen and oxygen atoms in total. The van der Waals surface area contributed by atoms with Gasteiger partial charge in [0.2, 0.25) is 0 Å². The molecule has 19 heavy (non-hydrogen) atoms. The quantitative estimate of drug-likeness (QED) is 0.776. The van der Waals surface area contributed by atoms with Crippen molar-refractivity contribution in [3.8, 4) is 0 Å². The van der Waals surface area contributed by atoms with Gasteiger partial charge in [0.15, 0.2) is 0 Å². The van der Waals surface area contributed by atoms with E-state index in [0.717, 1.165) is 25.9 Å². The second-order valence-electron chi connectivity index (χ2n) is 4.77. The van der Waals surface area contributed by atoms with Gasteiger partial charge in [0.1, 0.15) is 6.23 Å². The third-order valence-corrected chi connectivity index (χ3v) is 3.54. The number of hydrogen-bond acceptors (Lipinski definition) is 4. The summed E-state index contributed by atoms with van der Waals surface area (Å²) in [6.07, 6.45) is 2.90. The number of aromatic nitrogens is 2. The van der Waals surface area contributed by atoms with Gasteiger partial charge in [0, 0.05) is 19.3 Å². The summed E-state index contributed by atoms with van der Waals surface area (Å²) in [5, 5.41) is 19.4. The zero-order chi connectivity index (χ0) is 13.4. The lowest BCUT2D eigenvalue weighted by Gasteiger charge is -2.20. The number of likely N-dealkylation sites (tertiary alicyclic amines) is 1. The Balaban J connectivity index is 2.01. The lowest BCUT2D eigenvalue weighted by atomic mass is 10.2. The summed E-state index contributed by atoms with van der Waals surface area (Å²) in [7, 11) is 0. The van der Waals surface area contributed by atoms with Crippen LogP contribution in [0, 0.1) is 0 Å². The van der Waals surface area contributed by atoms with E-state index in [0.29, 0.717) is 16.7 Å². The van der Waals surface area contributed by atoms with Gasteiger partial charge >= 0.3 is 5.97 Å². The Bertz CT molecular complexity index is 617. The third kappa shape index (κ3) is 2.09. The molecule has 1 unspecified atom stereocenters. The Morgan fingerprint density at radius 1 is 1.42 bits per heavy atom. The van der Waals surface area contributed by atoms with Crippen LogP contribution in [0.2, 0.25) is 0 Å². The van der Waals surface area contributed by atoms with Crippen LogP contribution in [0.25, 0.3) is 11.0 Å². The van der Waals surface area contributed by atoms with E-state index in [1.165, 1.54) is 12.3 Å². The number of H-pyrrole nitrogens is 1. The Hall–Kier alpha value is -1.92. The smallest absolute Gasteiger partial charge is 0.337 e. The highest BCUT2D eigenvalue weighted by atomic mass is 16.4. The fourth-order valence-corrected chi connectivity index (χ4v) is 2.55. The highest BCUT2D eigenvalue weighted by molar-refractivity contribution is 6.00. The van der Waals surface area contributed by atoms with Gasteiger partial charge in [-0.2, -0.15) is 0 Å². The van der Waals surface area contributed by atoms with Crippen LogP contribution in [0.4, 0.5) is 0 Å². The molecule has 1 aliphatic heterocycles. The second-order valence-corrected chi connectivity index (χ2v) is 4.77. The number of nitrogens with zero attached hydrogens (tertiary/aromatic N) is 2. The van der Waals surface area contributed by atoms with Crippen molar-refractivity contribution in [2.45, 2.75) is 19.1 Å². The van der Waals surface area contributed by atoms with Gasteiger partial charge in [-0.25, -0.2) is 4.79 Å². The standard InChI is InChI=1S/C13H15N3O3/c17-12(16-5-1-2-6-16)10-7-9-11(15-10)8(13(18)19)3-4-14-9/h3-4,7,12,15,17H,1-2,5-6H2,(H,18,19). The minimum atomic E-state index is -1.00. The molecule has 0 spiro atoms. The predicted octanol–water partition coefficient (Wildman–Crippen LogP) is 1.35. The SMILES string of the molecule is O=C(O)c1ccnc2cc(C(O)N3CCCC3)[nH]c12. The van der Waals surface area contributed by atoms with Crippen molar-refractivity contribution < 1.29 is 15.0 Å². The Kier molecular flexibility index (Phi) is 2.96. The van der Waals surface area contributed by atoms with Crippen LogP contribution >= 0.6 is 0 Å². The van der Waals surface area contributed by atoms with Crippen molar-refractivity contribution in [3.05, 3.63) is 29.6 Å². The number of hydrogen-bond donors (Lipinski definition) is 3. The number of aromatic amines is 1. The first-order valence-corrected chi connectivity index (χ1v) is 6.30. The molecule has 0 amide bonds. The Morgan fingerprint density at radius 2 is 2.16 bits per heavy atom. The van der Waals surface area contributed by atoms with Crippen LogP contribution < -0.4 is 0 Å². The lowest BCUT2D eigenvalue weighted by molar-refractivity contribution is 0.0161. The van der Waals surface area contributed by atoms with E-state index in [-0.39, 0.29) is 5.56 Å². The van der Waals surface area contributed by atoms with Crippen molar-refractivity contribution in [2.75, 3.05) is 13.1 Å². The maximum absolute atomic E-state index is 11.1. The average Bonchev–Trinajstić information content (AvgIpc) is 3.06. The molecular formula is C13H15N3O3. The van der Waals surface area contributed by atoms with Crippen molar-refractivity contribution in [3.63, 3.8) is 0 Å². The van der Waals surface area contributed by atoms with Crippen LogP contribution in [-0.4, -0.2) is 44.1 Å². The summed E-state index contributed by atoms with van der Waals surface area (Å²) >= 11 is 0. The number of aliphatic hydroxyl groups is 1. The normalized spacial score (nSPS) is 17.9. The molecule has 0 saturated carbocycles. The van der Waals surface area contributed by atoms with E-state index in [1.54, 1.807) is 6.07 Å². The fraction of sp³-hybridized carbons (Fsp3) is 0.385. The van der Waals surface area contributed by atoms with E-state index in [1.807, 2.05) is 4.90 Å². The number of carboxylic acids is 1. The topological polar surface area (TPSA) is 89.4 Å². The number of rotatable bonds is 3. The molecule has 0 aliphatic carbocycles. The molecule has 2 aromatic heterocycles. The van der Waals surface area contributed by atoms with E-state index >= 15 is 0 Å². The van der Waals surface area contributed by atoms with Gasteiger partial charge < -0.3 is 15.2 Å². The molecule has 3 heterocycles. The van der Waals surface area contributed by atoms with Gasteiger partial charge in [0.25, 0.3) is 0 Å². The molecule has 3 N–H and O–H groups in total. The minimum Gasteiger partial charge on any atom is -0.478 e. The Labute approximate surface area is 109 Å². The number of carbonyl (C=O) groups is 1. The minimum absolute atomic E-state index is 0.171. The highest BCUT2D eigenvalue weighted by Crippen LogP contribution is 2.25. The van der Waals surface area contributed by atoms with Gasteiger partial charge in [-0.05, 0) is 25.0 Å². The number of pyridine rings is 1. The summed E-state index contributed by atoms with van der Waals surface area (Å²) in [5.41, 5.74) is 1.79. The average molecular weight is 261 g/mol. The molecule has 1 aliphatic rings. The van der Waals surface area contributed by atoms with Gasteiger partial charge in [0.05, 0.1) is 22.3 Å². The van der Waals surface area contributed by atoms with Crippen LogP contribution in [0.1, 0.15) is 35.1 Å². The Morgan fingerprint density at radius 3 is 2.84 bits per heavy atom. The molecular weight excluding hydrogens is 246 g/mol. The maximum Gasteiger partial charge on any atom is 0.337 e. The summed E-state index contributed by atoms with van der Waals surface area (Å²) < 4.78 is 0. The monoisotopic (exact) mass is 261 g/mol. The summed E-state index contributed by atoms with van der Waals surface area (Å²) in [6.45, 7) is 1.71. The first-order valence-electron chi connectivity index (χ1n) is 6.30. The molecule has 100 valence electrons. The van der Waals surface area contributed by atoms with Crippen molar-refractivity contribution >= 4 is 17.0 Å². The molecule has 1 fully saturated rings. The molecule has 1 atom stereocenters. The third-order valence-electron chi connectivity index (χ3n) is 3.54. The van der Waals surface area contributed by atoms with Crippen LogP contribution in [0.3, 0.4) is 0 Å². The number of fused-ring (bicyclic) bond motifs is 1.